The van der Waals surface area contributed by atoms with Crippen molar-refractivity contribution in [1.82, 2.24) is 0 Å². The topological polar surface area (TPSA) is 80.9 Å². The largest absolute Gasteiger partial charge is 0.394 e. The van der Waals surface area contributed by atoms with Gasteiger partial charge in [-0.1, -0.05) is 19.1 Å². The Hall–Kier alpha value is -0.680. The highest BCUT2D eigenvalue weighted by Crippen LogP contribution is 1.77. The lowest BCUT2D eigenvalue weighted by Gasteiger charge is -1.90. The Morgan fingerprint density at radius 1 is 1.00 bits per heavy atom. The number of hydrogen-bond donors (Lipinski definition) is 4. The van der Waals surface area contributed by atoms with Gasteiger partial charge in [0.2, 0.25) is 0 Å². The molecule has 0 unspecified atom stereocenters. The van der Waals surface area contributed by atoms with Gasteiger partial charge in [-0.25, -0.2) is 0 Å². The molecule has 0 bridgehead atoms. The van der Waals surface area contributed by atoms with E-state index in [0.29, 0.717) is 6.42 Å². The van der Waals surface area contributed by atoms with Gasteiger partial charge in [-0.15, -0.1) is 13.2 Å². The first kappa shape index (κ1) is 23.9. The van der Waals surface area contributed by atoms with Crippen LogP contribution in [-0.4, -0.2) is 39.9 Å². The van der Waals surface area contributed by atoms with Gasteiger partial charge in [0, 0.05) is 0 Å². The molecule has 0 saturated carbocycles. The van der Waals surface area contributed by atoms with Crippen LogP contribution in [0.25, 0.3) is 0 Å². The molecule has 4 heteroatoms. The van der Waals surface area contributed by atoms with Gasteiger partial charge >= 0.3 is 0 Å². The smallest absolute Gasteiger partial charge is 0.151 e. The second-order valence-electron chi connectivity index (χ2n) is 2.15. The Labute approximate surface area is 93.2 Å². The van der Waals surface area contributed by atoms with Gasteiger partial charge in [-0.2, -0.15) is 0 Å². The van der Waals surface area contributed by atoms with Crippen LogP contribution in [0.4, 0.5) is 0 Å². The van der Waals surface area contributed by atoms with Gasteiger partial charge in [0.25, 0.3) is 0 Å². The van der Waals surface area contributed by atoms with E-state index >= 15 is 0 Å². The van der Waals surface area contributed by atoms with Crippen molar-refractivity contribution in [2.24, 2.45) is 0 Å². The van der Waals surface area contributed by atoms with E-state index in [1.165, 1.54) is 0 Å². The summed E-state index contributed by atoms with van der Waals surface area (Å²) in [6, 6.07) is 0. The number of rotatable bonds is 2. The molecule has 94 valence electrons. The molecule has 0 heterocycles. The van der Waals surface area contributed by atoms with Crippen molar-refractivity contribution in [3.8, 4) is 0 Å². The standard InChI is InChI=1S/C3H8O2.2C3H6.C2H6O2/c1-2-3(4)5;2*1-3-2;3-1-2-4/h3-5H,2H2,1H3;2*3H,1H2,2H3;3-4H,1-2H2. The van der Waals surface area contributed by atoms with Gasteiger partial charge in [0.05, 0.1) is 13.2 Å². The summed E-state index contributed by atoms with van der Waals surface area (Å²) in [6.07, 6.45) is 2.80. The minimum absolute atomic E-state index is 0.125. The van der Waals surface area contributed by atoms with E-state index in [9.17, 15) is 0 Å². The van der Waals surface area contributed by atoms with Gasteiger partial charge in [-0.05, 0) is 20.3 Å². The molecule has 0 aliphatic rings. The second kappa shape index (κ2) is 37.7. The van der Waals surface area contributed by atoms with Gasteiger partial charge < -0.3 is 20.4 Å². The first-order valence-electron chi connectivity index (χ1n) is 4.74. The lowest BCUT2D eigenvalue weighted by molar-refractivity contribution is -0.0413. The van der Waals surface area contributed by atoms with Crippen LogP contribution in [0.5, 0.6) is 0 Å². The normalized spacial score (nSPS) is 6.93. The zero-order valence-corrected chi connectivity index (χ0v) is 10.1. The molecule has 0 spiro atoms. The first-order valence-corrected chi connectivity index (χ1v) is 4.74. The quantitative estimate of drug-likeness (QED) is 0.416. The van der Waals surface area contributed by atoms with Crippen molar-refractivity contribution in [2.75, 3.05) is 13.2 Å². The third-order valence-corrected chi connectivity index (χ3v) is 0.465. The molecule has 15 heavy (non-hydrogen) atoms. The zero-order valence-electron chi connectivity index (χ0n) is 10.1. The van der Waals surface area contributed by atoms with Gasteiger partial charge in [-0.3, -0.25) is 0 Å². The third-order valence-electron chi connectivity index (χ3n) is 0.465. The van der Waals surface area contributed by atoms with E-state index in [4.69, 9.17) is 20.4 Å². The van der Waals surface area contributed by atoms with Gasteiger partial charge in [0.1, 0.15) is 0 Å². The molecule has 0 fully saturated rings. The van der Waals surface area contributed by atoms with Crippen molar-refractivity contribution in [1.29, 1.82) is 0 Å². The minimum Gasteiger partial charge on any atom is -0.394 e. The SMILES string of the molecule is C=CC.C=CC.CCC(O)O.OCCO. The molecule has 0 aromatic heterocycles. The summed E-state index contributed by atoms with van der Waals surface area (Å²) in [6.45, 7) is 11.9. The Balaban J connectivity index is -0.0000000553. The van der Waals surface area contributed by atoms with E-state index in [2.05, 4.69) is 13.2 Å². The monoisotopic (exact) mass is 222 g/mol. The Morgan fingerprint density at radius 2 is 1.13 bits per heavy atom. The van der Waals surface area contributed by atoms with Gasteiger partial charge in [0.15, 0.2) is 6.29 Å². The summed E-state index contributed by atoms with van der Waals surface area (Å²) < 4.78 is 0. The highest BCUT2D eigenvalue weighted by atomic mass is 16.5. The maximum atomic E-state index is 7.92. The molecule has 0 radical (unpaired) electrons. The van der Waals surface area contributed by atoms with E-state index in [-0.39, 0.29) is 13.2 Å². The summed E-state index contributed by atoms with van der Waals surface area (Å²) in [4.78, 5) is 0. The van der Waals surface area contributed by atoms with Crippen molar-refractivity contribution in [2.45, 2.75) is 33.5 Å². The average molecular weight is 222 g/mol. The number of aliphatic hydroxyl groups is 4. The fourth-order valence-electron chi connectivity index (χ4n) is 0. The first-order chi connectivity index (χ1) is 7.01. The fourth-order valence-corrected chi connectivity index (χ4v) is 0. The maximum Gasteiger partial charge on any atom is 0.151 e. The highest BCUT2D eigenvalue weighted by Gasteiger charge is 1.83. The summed E-state index contributed by atoms with van der Waals surface area (Å²) >= 11 is 0. The molecule has 0 rings (SSSR count). The molecular formula is C11H26O4. The highest BCUT2D eigenvalue weighted by molar-refractivity contribution is 4.51. The molecule has 0 aromatic carbocycles. The van der Waals surface area contributed by atoms with Crippen molar-refractivity contribution < 1.29 is 20.4 Å². The molecule has 0 aromatic rings. The number of hydrogen-bond acceptors (Lipinski definition) is 4. The van der Waals surface area contributed by atoms with Crippen LogP contribution in [-0.2, 0) is 0 Å². The molecule has 4 N–H and O–H groups in total. The molecular weight excluding hydrogens is 196 g/mol. The van der Waals surface area contributed by atoms with Crippen LogP contribution in [0.1, 0.15) is 27.2 Å². The van der Waals surface area contributed by atoms with E-state index in [0.717, 1.165) is 0 Å². The Morgan fingerprint density at radius 3 is 1.13 bits per heavy atom. The Kier molecular flexibility index (Phi) is 60.0. The molecule has 0 aliphatic heterocycles. The van der Waals surface area contributed by atoms with Crippen LogP contribution in [0.3, 0.4) is 0 Å². The van der Waals surface area contributed by atoms with E-state index < -0.39 is 6.29 Å². The third kappa shape index (κ3) is 317. The van der Waals surface area contributed by atoms with Crippen LogP contribution in [0, 0.1) is 0 Å². The van der Waals surface area contributed by atoms with Crippen LogP contribution in [0.15, 0.2) is 25.3 Å². The fraction of sp³-hybridized carbons (Fsp3) is 0.636. The molecule has 0 atom stereocenters. The zero-order chi connectivity index (χ0) is 13.1. The number of allylic oxidation sites excluding steroid dienone is 2. The Bertz CT molecular complexity index is 84.6. The predicted octanol–water partition coefficient (Wildman–Crippen LogP) is 1.06. The lowest BCUT2D eigenvalue weighted by Crippen LogP contribution is -1.99. The molecule has 0 aliphatic carbocycles. The van der Waals surface area contributed by atoms with Crippen molar-refractivity contribution in [3.63, 3.8) is 0 Å². The summed E-state index contributed by atoms with van der Waals surface area (Å²) in [5.74, 6) is 0. The van der Waals surface area contributed by atoms with E-state index in [1.54, 1.807) is 19.1 Å². The van der Waals surface area contributed by atoms with Crippen LogP contribution < -0.4 is 0 Å². The second-order valence-corrected chi connectivity index (χ2v) is 2.15. The molecule has 0 saturated heterocycles. The van der Waals surface area contributed by atoms with Crippen molar-refractivity contribution >= 4 is 0 Å². The van der Waals surface area contributed by atoms with Crippen molar-refractivity contribution in [3.05, 3.63) is 25.3 Å². The minimum atomic E-state index is -1.12. The van der Waals surface area contributed by atoms with E-state index in [1.807, 2.05) is 13.8 Å². The number of aliphatic hydroxyl groups excluding tert-OH is 3. The molecule has 0 amide bonds. The van der Waals surface area contributed by atoms with Crippen LogP contribution in [0.2, 0.25) is 0 Å². The average Bonchev–Trinajstić information content (AvgIpc) is 2.20. The lowest BCUT2D eigenvalue weighted by atomic mass is 10.5. The summed E-state index contributed by atoms with van der Waals surface area (Å²) in [7, 11) is 0. The predicted molar refractivity (Wildman–Crippen MR) is 64.4 cm³/mol. The maximum absolute atomic E-state index is 7.92. The molecule has 4 nitrogen and oxygen atoms in total. The summed E-state index contributed by atoms with van der Waals surface area (Å²) in [5.41, 5.74) is 0. The summed E-state index contributed by atoms with van der Waals surface area (Å²) in [5, 5.41) is 31.1. The van der Waals surface area contributed by atoms with Crippen LogP contribution >= 0.6 is 0 Å².